The Bertz CT molecular complexity index is 1220. The molecule has 0 unspecified atom stereocenters. The number of carbonyl (C=O) groups is 1. The fourth-order valence-electron chi connectivity index (χ4n) is 3.70. The molecular formula is C24H27N5O3S. The highest BCUT2D eigenvalue weighted by molar-refractivity contribution is 7.91. The highest BCUT2D eigenvalue weighted by atomic mass is 32.2. The summed E-state index contributed by atoms with van der Waals surface area (Å²) in [7, 11) is -3.29. The maximum atomic E-state index is 12.6. The van der Waals surface area contributed by atoms with Gasteiger partial charge >= 0.3 is 0 Å². The molecule has 1 aliphatic heterocycles. The van der Waals surface area contributed by atoms with E-state index in [0.29, 0.717) is 22.9 Å². The van der Waals surface area contributed by atoms with Crippen LogP contribution in [-0.4, -0.2) is 48.0 Å². The molecular weight excluding hydrogens is 438 g/mol. The second kappa shape index (κ2) is 9.99. The van der Waals surface area contributed by atoms with E-state index in [9.17, 15) is 13.2 Å². The molecule has 3 aromatic rings. The number of sulfone groups is 1. The van der Waals surface area contributed by atoms with Gasteiger partial charge in [-0.05, 0) is 61.7 Å². The molecule has 1 aromatic heterocycles. The number of benzene rings is 2. The number of hydrogen-bond acceptors (Lipinski definition) is 7. The number of likely N-dealkylation sites (tertiary alicyclic amines) is 1. The first-order chi connectivity index (χ1) is 15.9. The number of amides is 1. The second-order valence-electron chi connectivity index (χ2n) is 7.90. The molecule has 0 saturated carbocycles. The van der Waals surface area contributed by atoms with Crippen molar-refractivity contribution < 1.29 is 13.2 Å². The number of nitrogens with zero attached hydrogens (tertiary/aromatic N) is 3. The Labute approximate surface area is 194 Å². The number of nitrogens with one attached hydrogen (secondary N) is 2. The summed E-state index contributed by atoms with van der Waals surface area (Å²) in [5.74, 6) is 1.21. The zero-order chi connectivity index (χ0) is 23.3. The lowest BCUT2D eigenvalue weighted by Gasteiger charge is -2.26. The summed E-state index contributed by atoms with van der Waals surface area (Å²) in [6.45, 7) is 3.26. The van der Waals surface area contributed by atoms with Crippen molar-refractivity contribution in [3.05, 3.63) is 66.5 Å². The Morgan fingerprint density at radius 2 is 1.58 bits per heavy atom. The van der Waals surface area contributed by atoms with Gasteiger partial charge in [-0.15, -0.1) is 0 Å². The maximum absolute atomic E-state index is 12.6. The average Bonchev–Trinajstić information content (AvgIpc) is 2.85. The van der Waals surface area contributed by atoms with E-state index in [0.717, 1.165) is 31.6 Å². The molecule has 4 rings (SSSR count). The van der Waals surface area contributed by atoms with Crippen LogP contribution >= 0.6 is 0 Å². The summed E-state index contributed by atoms with van der Waals surface area (Å²) < 4.78 is 24.3. The molecule has 1 aliphatic rings. The van der Waals surface area contributed by atoms with Crippen molar-refractivity contribution in [1.82, 2.24) is 14.9 Å². The molecule has 33 heavy (non-hydrogen) atoms. The summed E-state index contributed by atoms with van der Waals surface area (Å²) in [6, 6.07) is 15.7. The highest BCUT2D eigenvalue weighted by Crippen LogP contribution is 2.23. The number of carbonyl (C=O) groups excluding carboxylic acids is 1. The van der Waals surface area contributed by atoms with E-state index in [-0.39, 0.29) is 16.6 Å². The highest BCUT2D eigenvalue weighted by Gasteiger charge is 2.18. The van der Waals surface area contributed by atoms with Gasteiger partial charge in [-0.3, -0.25) is 4.79 Å². The fraction of sp³-hybridized carbons (Fsp3) is 0.292. The SMILES string of the molecule is CCS(=O)(=O)c1cccc(Nc2cc(Nc3ccc(C(=O)N4CCCCC4)cc3)ncn2)c1. The summed E-state index contributed by atoms with van der Waals surface area (Å²) in [6.07, 6.45) is 4.74. The van der Waals surface area contributed by atoms with Gasteiger partial charge in [-0.25, -0.2) is 18.4 Å². The molecule has 9 heteroatoms. The molecule has 2 N–H and O–H groups in total. The first kappa shape index (κ1) is 22.7. The molecule has 0 radical (unpaired) electrons. The molecule has 172 valence electrons. The molecule has 2 heterocycles. The van der Waals surface area contributed by atoms with Crippen molar-refractivity contribution in [2.45, 2.75) is 31.1 Å². The molecule has 1 saturated heterocycles. The molecule has 2 aromatic carbocycles. The monoisotopic (exact) mass is 465 g/mol. The van der Waals surface area contributed by atoms with Crippen LogP contribution in [0.5, 0.6) is 0 Å². The number of anilines is 4. The van der Waals surface area contributed by atoms with Gasteiger partial charge < -0.3 is 15.5 Å². The zero-order valence-electron chi connectivity index (χ0n) is 18.5. The largest absolute Gasteiger partial charge is 0.340 e. The summed E-state index contributed by atoms with van der Waals surface area (Å²) in [5, 5.41) is 6.33. The molecule has 0 aliphatic carbocycles. The van der Waals surface area contributed by atoms with E-state index in [1.165, 1.54) is 12.7 Å². The maximum Gasteiger partial charge on any atom is 0.253 e. The van der Waals surface area contributed by atoms with Crippen LogP contribution in [0.1, 0.15) is 36.5 Å². The lowest BCUT2D eigenvalue weighted by atomic mass is 10.1. The van der Waals surface area contributed by atoms with Crippen LogP contribution in [0.2, 0.25) is 0 Å². The molecule has 0 bridgehead atoms. The van der Waals surface area contributed by atoms with E-state index in [1.54, 1.807) is 37.3 Å². The van der Waals surface area contributed by atoms with Crippen molar-refractivity contribution in [3.63, 3.8) is 0 Å². The number of hydrogen-bond donors (Lipinski definition) is 2. The van der Waals surface area contributed by atoms with E-state index < -0.39 is 9.84 Å². The topological polar surface area (TPSA) is 104 Å². The van der Waals surface area contributed by atoms with Crippen LogP contribution in [0.25, 0.3) is 0 Å². The van der Waals surface area contributed by atoms with Crippen LogP contribution in [0.4, 0.5) is 23.0 Å². The lowest BCUT2D eigenvalue weighted by Crippen LogP contribution is -2.35. The van der Waals surface area contributed by atoms with Gasteiger partial charge in [-0.1, -0.05) is 13.0 Å². The van der Waals surface area contributed by atoms with Gasteiger partial charge in [0.25, 0.3) is 5.91 Å². The smallest absolute Gasteiger partial charge is 0.253 e. The first-order valence-corrected chi connectivity index (χ1v) is 12.7. The summed E-state index contributed by atoms with van der Waals surface area (Å²) in [4.78, 5) is 23.3. The van der Waals surface area contributed by atoms with Crippen molar-refractivity contribution in [1.29, 1.82) is 0 Å². The van der Waals surface area contributed by atoms with Gasteiger partial charge in [0.1, 0.15) is 18.0 Å². The molecule has 0 spiro atoms. The van der Waals surface area contributed by atoms with Crippen molar-refractivity contribution in [2.75, 3.05) is 29.5 Å². The van der Waals surface area contributed by atoms with Crippen LogP contribution in [-0.2, 0) is 9.84 Å². The number of piperidine rings is 1. The third kappa shape index (κ3) is 5.67. The minimum atomic E-state index is -3.29. The predicted molar refractivity (Wildman–Crippen MR) is 129 cm³/mol. The lowest BCUT2D eigenvalue weighted by molar-refractivity contribution is 0.0724. The standard InChI is InChI=1S/C24H27N5O3S/c1-2-33(31,32)21-8-6-7-20(15-21)28-23-16-22(25-17-26-23)27-19-11-9-18(10-12-19)24(30)29-13-4-3-5-14-29/h6-12,15-17H,2-5,13-14H2,1H3,(H2,25,26,27,28). The van der Waals surface area contributed by atoms with Gasteiger partial charge in [0.05, 0.1) is 10.6 Å². The zero-order valence-corrected chi connectivity index (χ0v) is 19.3. The van der Waals surface area contributed by atoms with E-state index >= 15 is 0 Å². The van der Waals surface area contributed by atoms with Crippen molar-refractivity contribution in [2.24, 2.45) is 0 Å². The Balaban J connectivity index is 1.43. The Morgan fingerprint density at radius 3 is 2.24 bits per heavy atom. The predicted octanol–water partition coefficient (Wildman–Crippen LogP) is 4.38. The minimum absolute atomic E-state index is 0.0421. The van der Waals surface area contributed by atoms with Crippen molar-refractivity contribution in [3.8, 4) is 0 Å². The fourth-order valence-corrected chi connectivity index (χ4v) is 4.63. The molecule has 1 amide bonds. The molecule has 8 nitrogen and oxygen atoms in total. The normalized spacial score (nSPS) is 14.0. The van der Waals surface area contributed by atoms with Crippen LogP contribution in [0.15, 0.2) is 65.8 Å². The Morgan fingerprint density at radius 1 is 0.909 bits per heavy atom. The van der Waals surface area contributed by atoms with Crippen LogP contribution < -0.4 is 10.6 Å². The van der Waals surface area contributed by atoms with Gasteiger partial charge in [-0.2, -0.15) is 0 Å². The number of rotatable bonds is 7. The quantitative estimate of drug-likeness (QED) is 0.533. The average molecular weight is 466 g/mol. The van der Waals surface area contributed by atoms with E-state index in [4.69, 9.17) is 0 Å². The van der Waals surface area contributed by atoms with Crippen LogP contribution in [0, 0.1) is 0 Å². The van der Waals surface area contributed by atoms with Gasteiger partial charge in [0.2, 0.25) is 0 Å². The minimum Gasteiger partial charge on any atom is -0.340 e. The summed E-state index contributed by atoms with van der Waals surface area (Å²) in [5.41, 5.74) is 2.09. The molecule has 0 atom stereocenters. The number of aromatic nitrogens is 2. The Kier molecular flexibility index (Phi) is 6.88. The van der Waals surface area contributed by atoms with Crippen molar-refractivity contribution >= 4 is 38.8 Å². The van der Waals surface area contributed by atoms with Gasteiger partial charge in [0.15, 0.2) is 9.84 Å². The first-order valence-electron chi connectivity index (χ1n) is 11.0. The molecule has 1 fully saturated rings. The Hall–Kier alpha value is -3.46. The third-order valence-electron chi connectivity index (χ3n) is 5.56. The third-order valence-corrected chi connectivity index (χ3v) is 7.29. The van der Waals surface area contributed by atoms with E-state index in [1.807, 2.05) is 29.2 Å². The summed E-state index contributed by atoms with van der Waals surface area (Å²) >= 11 is 0. The van der Waals surface area contributed by atoms with Gasteiger partial charge in [0, 0.05) is 36.1 Å². The second-order valence-corrected chi connectivity index (χ2v) is 10.2. The van der Waals surface area contributed by atoms with Crippen LogP contribution in [0.3, 0.4) is 0 Å². The van der Waals surface area contributed by atoms with E-state index in [2.05, 4.69) is 20.6 Å².